The second-order valence-electron chi connectivity index (χ2n) is 3.65. The Hall–Kier alpha value is -1.28. The monoisotopic (exact) mass is 221 g/mol. The van der Waals surface area contributed by atoms with E-state index in [1.165, 1.54) is 0 Å². The van der Waals surface area contributed by atoms with E-state index in [-0.39, 0.29) is 5.78 Å². The van der Waals surface area contributed by atoms with Crippen molar-refractivity contribution in [3.8, 4) is 0 Å². The lowest BCUT2D eigenvalue weighted by atomic mass is 10.0. The van der Waals surface area contributed by atoms with E-state index < -0.39 is 0 Å². The van der Waals surface area contributed by atoms with Gasteiger partial charge in [-0.25, -0.2) is 0 Å². The number of rotatable bonds is 2. The molecule has 0 saturated heterocycles. The van der Waals surface area contributed by atoms with Crippen molar-refractivity contribution in [3.63, 3.8) is 0 Å². The molecule has 0 spiro atoms. The fraction of sp³-hybridized carbons (Fsp3) is 0.250. The lowest BCUT2D eigenvalue weighted by molar-refractivity contribution is 0.103. The molecule has 15 heavy (non-hydrogen) atoms. The second kappa shape index (κ2) is 4.07. The summed E-state index contributed by atoms with van der Waals surface area (Å²) in [5.74, 6) is 0.0208. The minimum absolute atomic E-state index is 0.0208. The number of benzene rings is 1. The van der Waals surface area contributed by atoms with Crippen molar-refractivity contribution in [1.29, 1.82) is 0 Å². The largest absolute Gasteiger partial charge is 0.397 e. The summed E-state index contributed by atoms with van der Waals surface area (Å²) in [6.45, 7) is 0. The smallest absolute Gasteiger partial charge is 0.190 e. The number of Topliss-reactive ketones (excluding diaryl/α,β-unsaturated/α-hetero) is 1. The molecule has 1 aromatic rings. The summed E-state index contributed by atoms with van der Waals surface area (Å²) in [5, 5.41) is 0.444. The maximum Gasteiger partial charge on any atom is 0.190 e. The van der Waals surface area contributed by atoms with Crippen LogP contribution in [-0.4, -0.2) is 5.78 Å². The first-order valence-corrected chi connectivity index (χ1v) is 5.35. The molecule has 0 heterocycles. The summed E-state index contributed by atoms with van der Waals surface area (Å²) in [4.78, 5) is 12.0. The van der Waals surface area contributed by atoms with Crippen LogP contribution in [0.3, 0.4) is 0 Å². The van der Waals surface area contributed by atoms with Crippen molar-refractivity contribution in [2.75, 3.05) is 5.73 Å². The Labute approximate surface area is 93.7 Å². The quantitative estimate of drug-likeness (QED) is 0.616. The zero-order valence-electron chi connectivity index (χ0n) is 8.29. The molecular formula is C12H12ClNO. The predicted octanol–water partition coefficient (Wildman–Crippen LogP) is 3.22. The highest BCUT2D eigenvalue weighted by molar-refractivity contribution is 6.34. The Morgan fingerprint density at radius 1 is 1.40 bits per heavy atom. The van der Waals surface area contributed by atoms with E-state index in [2.05, 4.69) is 0 Å². The fourth-order valence-electron chi connectivity index (χ4n) is 1.79. The molecule has 0 radical (unpaired) electrons. The zero-order chi connectivity index (χ0) is 10.8. The van der Waals surface area contributed by atoms with Crippen molar-refractivity contribution in [2.24, 2.45) is 0 Å². The van der Waals surface area contributed by atoms with Crippen LogP contribution in [0.4, 0.5) is 5.69 Å². The first kappa shape index (κ1) is 10.2. The van der Waals surface area contributed by atoms with Gasteiger partial charge in [-0.2, -0.15) is 0 Å². The molecule has 3 heteroatoms. The Balaban J connectivity index is 2.37. The van der Waals surface area contributed by atoms with Crippen LogP contribution in [0.5, 0.6) is 0 Å². The Kier molecular flexibility index (Phi) is 2.78. The highest BCUT2D eigenvalue weighted by atomic mass is 35.5. The maximum atomic E-state index is 12.0. The van der Waals surface area contributed by atoms with Crippen molar-refractivity contribution in [2.45, 2.75) is 19.3 Å². The third-order valence-electron chi connectivity index (χ3n) is 2.63. The van der Waals surface area contributed by atoms with Gasteiger partial charge in [0.25, 0.3) is 0 Å². The predicted molar refractivity (Wildman–Crippen MR) is 62.1 cm³/mol. The van der Waals surface area contributed by atoms with E-state index in [1.54, 1.807) is 18.2 Å². The summed E-state index contributed by atoms with van der Waals surface area (Å²) in [7, 11) is 0. The van der Waals surface area contributed by atoms with Gasteiger partial charge >= 0.3 is 0 Å². The number of hydrogen-bond acceptors (Lipinski definition) is 2. The van der Waals surface area contributed by atoms with Crippen molar-refractivity contribution >= 4 is 23.1 Å². The number of nitrogen functional groups attached to an aromatic ring is 1. The van der Waals surface area contributed by atoms with Gasteiger partial charge in [0, 0.05) is 5.56 Å². The van der Waals surface area contributed by atoms with Crippen LogP contribution in [0, 0.1) is 0 Å². The molecule has 2 N–H and O–H groups in total. The number of para-hydroxylation sites is 1. The van der Waals surface area contributed by atoms with Gasteiger partial charge in [0.2, 0.25) is 0 Å². The van der Waals surface area contributed by atoms with E-state index in [1.807, 2.05) is 6.08 Å². The van der Waals surface area contributed by atoms with Gasteiger partial charge in [-0.3, -0.25) is 4.79 Å². The molecule has 0 aromatic heterocycles. The highest BCUT2D eigenvalue weighted by Crippen LogP contribution is 2.28. The third-order valence-corrected chi connectivity index (χ3v) is 2.96. The van der Waals surface area contributed by atoms with Crippen molar-refractivity contribution in [3.05, 3.63) is 40.4 Å². The lowest BCUT2D eigenvalue weighted by Crippen LogP contribution is -2.05. The van der Waals surface area contributed by atoms with Gasteiger partial charge in [-0.1, -0.05) is 23.7 Å². The van der Waals surface area contributed by atoms with Crippen molar-refractivity contribution in [1.82, 2.24) is 0 Å². The number of halogens is 1. The van der Waals surface area contributed by atoms with Crippen molar-refractivity contribution < 1.29 is 4.79 Å². The van der Waals surface area contributed by atoms with Crippen LogP contribution in [0.15, 0.2) is 29.8 Å². The molecule has 0 amide bonds. The summed E-state index contributed by atoms with van der Waals surface area (Å²) in [5.41, 5.74) is 7.55. The zero-order valence-corrected chi connectivity index (χ0v) is 9.05. The first-order valence-electron chi connectivity index (χ1n) is 4.98. The molecule has 1 aliphatic rings. The van der Waals surface area contributed by atoms with Gasteiger partial charge in [0.05, 0.1) is 10.7 Å². The highest BCUT2D eigenvalue weighted by Gasteiger charge is 2.18. The van der Waals surface area contributed by atoms with Crippen LogP contribution in [0.1, 0.15) is 29.6 Å². The molecule has 1 aromatic carbocycles. The number of ketones is 1. The van der Waals surface area contributed by atoms with Crippen LogP contribution in [0.25, 0.3) is 0 Å². The van der Waals surface area contributed by atoms with Gasteiger partial charge in [-0.15, -0.1) is 0 Å². The van der Waals surface area contributed by atoms with Gasteiger partial charge in [0.15, 0.2) is 5.78 Å². The van der Waals surface area contributed by atoms with Crippen LogP contribution in [-0.2, 0) is 0 Å². The fourth-order valence-corrected chi connectivity index (χ4v) is 1.96. The summed E-state index contributed by atoms with van der Waals surface area (Å²) >= 11 is 5.87. The summed E-state index contributed by atoms with van der Waals surface area (Å²) in [6.07, 6.45) is 4.89. The number of hydrogen-bond donors (Lipinski definition) is 1. The van der Waals surface area contributed by atoms with Crippen LogP contribution < -0.4 is 5.73 Å². The van der Waals surface area contributed by atoms with Gasteiger partial charge in [0.1, 0.15) is 0 Å². The molecule has 0 saturated carbocycles. The van der Waals surface area contributed by atoms with E-state index >= 15 is 0 Å². The molecule has 0 fully saturated rings. The lowest BCUT2D eigenvalue weighted by Gasteiger charge is -2.06. The number of nitrogens with two attached hydrogens (primary N) is 1. The summed E-state index contributed by atoms with van der Waals surface area (Å²) in [6, 6.07) is 5.17. The third kappa shape index (κ3) is 1.90. The molecule has 0 aliphatic heterocycles. The average Bonchev–Trinajstić information content (AvgIpc) is 2.74. The first-order chi connectivity index (χ1) is 7.20. The number of carbonyl (C=O) groups is 1. The SMILES string of the molecule is Nc1c(Cl)cccc1C(=O)C1=CCCC1. The molecule has 2 rings (SSSR count). The van der Waals surface area contributed by atoms with Crippen LogP contribution in [0.2, 0.25) is 5.02 Å². The molecule has 1 aliphatic carbocycles. The molecule has 2 nitrogen and oxygen atoms in total. The van der Waals surface area contributed by atoms with E-state index in [0.717, 1.165) is 24.8 Å². The number of allylic oxidation sites excluding steroid dienone is 2. The Morgan fingerprint density at radius 3 is 2.87 bits per heavy atom. The second-order valence-corrected chi connectivity index (χ2v) is 4.06. The Bertz CT molecular complexity index is 437. The molecule has 78 valence electrons. The standard InChI is InChI=1S/C12H12ClNO/c13-10-7-3-6-9(11(10)14)12(15)8-4-1-2-5-8/h3-4,6-7H,1-2,5,14H2. The Morgan fingerprint density at radius 2 is 2.20 bits per heavy atom. The molecule has 0 atom stereocenters. The van der Waals surface area contributed by atoms with E-state index in [0.29, 0.717) is 16.3 Å². The molecule has 0 unspecified atom stereocenters. The average molecular weight is 222 g/mol. The normalized spacial score (nSPS) is 15.1. The topological polar surface area (TPSA) is 43.1 Å². The minimum Gasteiger partial charge on any atom is -0.397 e. The molecule has 0 bridgehead atoms. The minimum atomic E-state index is 0.0208. The number of anilines is 1. The molecular weight excluding hydrogens is 210 g/mol. The maximum absolute atomic E-state index is 12.0. The number of carbonyl (C=O) groups excluding carboxylic acids is 1. The van der Waals surface area contributed by atoms with Gasteiger partial charge in [-0.05, 0) is 37.0 Å². The van der Waals surface area contributed by atoms with Gasteiger partial charge < -0.3 is 5.73 Å². The van der Waals surface area contributed by atoms with E-state index in [4.69, 9.17) is 17.3 Å². The van der Waals surface area contributed by atoms with Crippen LogP contribution >= 0.6 is 11.6 Å². The van der Waals surface area contributed by atoms with E-state index in [9.17, 15) is 4.79 Å². The summed E-state index contributed by atoms with van der Waals surface area (Å²) < 4.78 is 0.